The summed E-state index contributed by atoms with van der Waals surface area (Å²) < 4.78 is 13.6. The maximum atomic E-state index is 13.6. The molecule has 0 fully saturated rings. The molecule has 0 bridgehead atoms. The molecule has 0 unspecified atom stereocenters. The highest BCUT2D eigenvalue weighted by Crippen LogP contribution is 2.18. The van der Waals surface area contributed by atoms with Gasteiger partial charge < -0.3 is 15.1 Å². The lowest BCUT2D eigenvalue weighted by molar-refractivity contribution is -0.856. The number of rotatable bonds is 5. The van der Waals surface area contributed by atoms with Gasteiger partial charge in [0.05, 0.1) is 32.9 Å². The quantitative estimate of drug-likeness (QED) is 0.770. The van der Waals surface area contributed by atoms with Gasteiger partial charge in [-0.05, 0) is 6.07 Å². The second-order valence-electron chi connectivity index (χ2n) is 5.06. The molecule has 20 heavy (non-hydrogen) atoms. The zero-order valence-electron chi connectivity index (χ0n) is 11.6. The Hall–Kier alpha value is -1.95. The van der Waals surface area contributed by atoms with E-state index in [0.29, 0.717) is 24.2 Å². The minimum atomic E-state index is -0.665. The van der Waals surface area contributed by atoms with Crippen LogP contribution in [0, 0.1) is 5.82 Å². The molecule has 1 heterocycles. The summed E-state index contributed by atoms with van der Waals surface area (Å²) in [6.07, 6.45) is -0.372. The van der Waals surface area contributed by atoms with Gasteiger partial charge in [0.1, 0.15) is 5.82 Å². The third kappa shape index (κ3) is 3.54. The molecule has 0 radical (unpaired) electrons. The Kier molecular flexibility index (Phi) is 4.68. The fourth-order valence-corrected chi connectivity index (χ4v) is 1.92. The molecule has 5 nitrogen and oxygen atoms in total. The SMILES string of the molecule is C[NH+](C)CCNC(=O)[C@H]1CC(c2ccccc2F)=NO1. The van der Waals surface area contributed by atoms with Crippen LogP contribution in [0.2, 0.25) is 0 Å². The minimum Gasteiger partial charge on any atom is -0.382 e. The first kappa shape index (κ1) is 14.5. The average Bonchev–Trinajstić information content (AvgIpc) is 2.88. The molecule has 0 saturated heterocycles. The molecular weight excluding hydrogens is 261 g/mol. The van der Waals surface area contributed by atoms with Gasteiger partial charge in [0.2, 0.25) is 6.10 Å². The van der Waals surface area contributed by atoms with Crippen LogP contribution in [0.25, 0.3) is 0 Å². The Morgan fingerprint density at radius 2 is 2.25 bits per heavy atom. The number of carbonyl (C=O) groups is 1. The fraction of sp³-hybridized carbons (Fsp3) is 0.429. The summed E-state index contributed by atoms with van der Waals surface area (Å²) in [7, 11) is 4.02. The van der Waals surface area contributed by atoms with Gasteiger partial charge >= 0.3 is 0 Å². The van der Waals surface area contributed by atoms with Crippen molar-refractivity contribution in [2.45, 2.75) is 12.5 Å². The van der Waals surface area contributed by atoms with E-state index in [-0.39, 0.29) is 11.7 Å². The summed E-state index contributed by atoms with van der Waals surface area (Å²) in [5, 5.41) is 6.61. The van der Waals surface area contributed by atoms with E-state index in [9.17, 15) is 9.18 Å². The third-order valence-corrected chi connectivity index (χ3v) is 3.07. The van der Waals surface area contributed by atoms with Gasteiger partial charge in [0, 0.05) is 12.0 Å². The number of likely N-dealkylation sites (N-methyl/N-ethyl adjacent to an activating group) is 1. The zero-order valence-corrected chi connectivity index (χ0v) is 11.6. The number of nitrogens with one attached hydrogen (secondary N) is 2. The van der Waals surface area contributed by atoms with Crippen molar-refractivity contribution in [1.29, 1.82) is 0 Å². The second-order valence-corrected chi connectivity index (χ2v) is 5.06. The van der Waals surface area contributed by atoms with E-state index in [0.717, 1.165) is 6.54 Å². The minimum absolute atomic E-state index is 0.207. The number of hydrogen-bond acceptors (Lipinski definition) is 3. The number of amides is 1. The summed E-state index contributed by atoms with van der Waals surface area (Å²) in [5.41, 5.74) is 0.863. The molecule has 1 aromatic rings. The molecule has 1 atom stereocenters. The van der Waals surface area contributed by atoms with E-state index in [1.165, 1.54) is 11.0 Å². The molecule has 6 heteroatoms. The van der Waals surface area contributed by atoms with Crippen LogP contribution in [0.5, 0.6) is 0 Å². The largest absolute Gasteiger partial charge is 0.382 e. The van der Waals surface area contributed by atoms with Gasteiger partial charge in [-0.3, -0.25) is 4.79 Å². The van der Waals surface area contributed by atoms with E-state index in [4.69, 9.17) is 4.84 Å². The van der Waals surface area contributed by atoms with Crippen LogP contribution in [0.3, 0.4) is 0 Å². The van der Waals surface area contributed by atoms with Crippen molar-refractivity contribution in [3.8, 4) is 0 Å². The first-order chi connectivity index (χ1) is 9.58. The number of nitrogens with zero attached hydrogens (tertiary/aromatic N) is 1. The van der Waals surface area contributed by atoms with Crippen molar-refractivity contribution in [1.82, 2.24) is 5.32 Å². The van der Waals surface area contributed by atoms with Crippen LogP contribution >= 0.6 is 0 Å². The van der Waals surface area contributed by atoms with Gasteiger partial charge in [0.25, 0.3) is 5.91 Å². The molecule has 1 aromatic carbocycles. The molecule has 108 valence electrons. The summed E-state index contributed by atoms with van der Waals surface area (Å²) in [4.78, 5) is 18.2. The normalized spacial score (nSPS) is 17.8. The Bertz CT molecular complexity index is 517. The van der Waals surface area contributed by atoms with Gasteiger partial charge in [-0.15, -0.1) is 0 Å². The molecule has 1 aliphatic rings. The summed E-state index contributed by atoms with van der Waals surface area (Å²) >= 11 is 0. The molecule has 0 spiro atoms. The molecule has 0 aromatic heterocycles. The number of hydrogen-bond donors (Lipinski definition) is 2. The van der Waals surface area contributed by atoms with Crippen molar-refractivity contribution < 1.29 is 18.9 Å². The van der Waals surface area contributed by atoms with Crippen molar-refractivity contribution in [3.63, 3.8) is 0 Å². The van der Waals surface area contributed by atoms with Crippen molar-refractivity contribution in [2.24, 2.45) is 5.16 Å². The highest BCUT2D eigenvalue weighted by molar-refractivity contribution is 6.04. The van der Waals surface area contributed by atoms with Crippen LogP contribution in [0.1, 0.15) is 12.0 Å². The predicted octanol–water partition coefficient (Wildman–Crippen LogP) is -0.421. The van der Waals surface area contributed by atoms with E-state index in [1.807, 2.05) is 14.1 Å². The Morgan fingerprint density at radius 1 is 1.50 bits per heavy atom. The van der Waals surface area contributed by atoms with E-state index in [2.05, 4.69) is 10.5 Å². The second kappa shape index (κ2) is 6.47. The van der Waals surface area contributed by atoms with E-state index in [1.54, 1.807) is 18.2 Å². The number of benzene rings is 1. The van der Waals surface area contributed by atoms with Crippen molar-refractivity contribution in [3.05, 3.63) is 35.6 Å². The number of quaternary nitrogens is 1. The van der Waals surface area contributed by atoms with Crippen LogP contribution in [-0.4, -0.2) is 44.9 Å². The van der Waals surface area contributed by atoms with Crippen LogP contribution in [-0.2, 0) is 9.63 Å². The first-order valence-corrected chi connectivity index (χ1v) is 6.62. The Balaban J connectivity index is 1.88. The Morgan fingerprint density at radius 3 is 2.95 bits per heavy atom. The highest BCUT2D eigenvalue weighted by Gasteiger charge is 2.29. The van der Waals surface area contributed by atoms with Gasteiger partial charge in [-0.25, -0.2) is 4.39 Å². The van der Waals surface area contributed by atoms with E-state index < -0.39 is 6.10 Å². The smallest absolute Gasteiger partial charge is 0.264 e. The predicted molar refractivity (Wildman–Crippen MR) is 73.1 cm³/mol. The Labute approximate surface area is 117 Å². The van der Waals surface area contributed by atoms with Crippen molar-refractivity contribution in [2.75, 3.05) is 27.2 Å². The molecule has 1 amide bonds. The van der Waals surface area contributed by atoms with Gasteiger partial charge in [0.15, 0.2) is 0 Å². The lowest BCUT2D eigenvalue weighted by Crippen LogP contribution is -3.06. The number of halogens is 1. The van der Waals surface area contributed by atoms with Crippen LogP contribution in [0.15, 0.2) is 29.4 Å². The summed E-state index contributed by atoms with van der Waals surface area (Å²) in [6, 6.07) is 6.34. The zero-order chi connectivity index (χ0) is 14.5. The topological polar surface area (TPSA) is 55.1 Å². The van der Waals surface area contributed by atoms with Gasteiger partial charge in [-0.2, -0.15) is 0 Å². The average molecular weight is 280 g/mol. The molecule has 1 aliphatic heterocycles. The van der Waals surface area contributed by atoms with Crippen molar-refractivity contribution >= 4 is 11.6 Å². The monoisotopic (exact) mass is 280 g/mol. The molecule has 0 saturated carbocycles. The number of oxime groups is 1. The van der Waals surface area contributed by atoms with Crippen LogP contribution < -0.4 is 10.2 Å². The lowest BCUT2D eigenvalue weighted by Gasteiger charge is -2.11. The maximum absolute atomic E-state index is 13.6. The highest BCUT2D eigenvalue weighted by atomic mass is 19.1. The summed E-state index contributed by atoms with van der Waals surface area (Å²) in [6.45, 7) is 1.41. The summed E-state index contributed by atoms with van der Waals surface area (Å²) in [5.74, 6) is -0.562. The van der Waals surface area contributed by atoms with Crippen LogP contribution in [0.4, 0.5) is 4.39 Å². The molecule has 2 N–H and O–H groups in total. The molecular formula is C14H19FN3O2+. The standard InChI is InChI=1S/C14H18FN3O2/c1-18(2)8-7-16-14(19)13-9-12(17-20-13)10-5-3-4-6-11(10)15/h3-6,13H,7-9H2,1-2H3,(H,16,19)/p+1/t13-/m1/s1. The lowest BCUT2D eigenvalue weighted by atomic mass is 10.0. The number of carbonyl (C=O) groups excluding carboxylic acids is 1. The first-order valence-electron chi connectivity index (χ1n) is 6.62. The van der Waals surface area contributed by atoms with E-state index >= 15 is 0 Å². The maximum Gasteiger partial charge on any atom is 0.264 e. The third-order valence-electron chi connectivity index (χ3n) is 3.07. The molecule has 0 aliphatic carbocycles. The fourth-order valence-electron chi connectivity index (χ4n) is 1.92. The van der Waals surface area contributed by atoms with Gasteiger partial charge in [-0.1, -0.05) is 23.4 Å². The molecule has 2 rings (SSSR count).